The molecule has 0 amide bonds. The second kappa shape index (κ2) is 8.43. The Morgan fingerprint density at radius 2 is 1.80 bits per heavy atom. The number of sulfonamides is 1. The number of ether oxygens (including phenoxy) is 3. The maximum absolute atomic E-state index is 13.3. The monoisotopic (exact) mass is 497 g/mol. The van der Waals surface area contributed by atoms with Gasteiger partial charge >= 0.3 is 5.97 Å². The van der Waals surface area contributed by atoms with E-state index in [9.17, 15) is 18.0 Å². The summed E-state index contributed by atoms with van der Waals surface area (Å²) in [5, 5.41) is 5.23. The highest BCUT2D eigenvalue weighted by Gasteiger charge is 2.43. The van der Waals surface area contributed by atoms with Crippen LogP contribution >= 0.6 is 0 Å². The fraction of sp³-hybridized carbons (Fsp3) is 0.250. The number of hydrogen-bond donors (Lipinski definition) is 2. The number of esters is 1. The molecule has 5 rings (SSSR count). The van der Waals surface area contributed by atoms with E-state index in [1.807, 2.05) is 0 Å². The van der Waals surface area contributed by atoms with Crippen molar-refractivity contribution in [3.8, 4) is 11.5 Å². The van der Waals surface area contributed by atoms with Gasteiger partial charge in [0.25, 0.3) is 0 Å². The van der Waals surface area contributed by atoms with E-state index in [-0.39, 0.29) is 28.9 Å². The second-order valence-electron chi connectivity index (χ2n) is 8.35. The molecule has 1 aliphatic carbocycles. The summed E-state index contributed by atoms with van der Waals surface area (Å²) in [6.07, 6.45) is 1.47. The van der Waals surface area contributed by atoms with Crippen molar-refractivity contribution in [2.45, 2.75) is 30.1 Å². The first-order valence-corrected chi connectivity index (χ1v) is 12.4. The van der Waals surface area contributed by atoms with Crippen LogP contribution in [0.25, 0.3) is 0 Å². The number of fused-ring (bicyclic) bond motifs is 1. The van der Waals surface area contributed by atoms with Crippen LogP contribution in [0.15, 0.2) is 70.0 Å². The van der Waals surface area contributed by atoms with Gasteiger partial charge in [-0.1, -0.05) is 6.07 Å². The number of ketones is 1. The van der Waals surface area contributed by atoms with Crippen LogP contribution in [0.3, 0.4) is 0 Å². The van der Waals surface area contributed by atoms with Crippen LogP contribution in [0.2, 0.25) is 0 Å². The number of anilines is 1. The van der Waals surface area contributed by atoms with Crippen molar-refractivity contribution >= 4 is 27.5 Å². The molecule has 11 heteroatoms. The summed E-state index contributed by atoms with van der Waals surface area (Å²) in [4.78, 5) is 27.9. The molecule has 0 spiro atoms. The van der Waals surface area contributed by atoms with Crippen molar-refractivity contribution in [2.75, 3.05) is 18.8 Å². The molecule has 182 valence electrons. The minimum atomic E-state index is -3.90. The molecule has 2 aliphatic heterocycles. The highest BCUT2D eigenvalue weighted by molar-refractivity contribution is 7.89. The number of hydrogen-bond acceptors (Lipinski definition) is 9. The summed E-state index contributed by atoms with van der Waals surface area (Å²) in [6, 6.07) is 11.0. The zero-order valence-corrected chi connectivity index (χ0v) is 19.6. The van der Waals surface area contributed by atoms with Crippen LogP contribution < -0.4 is 25.2 Å². The average Bonchev–Trinajstić information content (AvgIpc) is 3.30. The Morgan fingerprint density at radius 3 is 2.49 bits per heavy atom. The molecule has 4 N–H and O–H groups in total. The molecule has 35 heavy (non-hydrogen) atoms. The van der Waals surface area contributed by atoms with Crippen LogP contribution in [0.5, 0.6) is 11.5 Å². The number of carbonyl (C=O) groups is 2. The van der Waals surface area contributed by atoms with Gasteiger partial charge in [-0.15, -0.1) is 0 Å². The molecule has 2 aromatic carbocycles. The Balaban J connectivity index is 1.72. The molecule has 10 nitrogen and oxygen atoms in total. The first kappa shape index (κ1) is 22.9. The predicted molar refractivity (Wildman–Crippen MR) is 125 cm³/mol. The van der Waals surface area contributed by atoms with E-state index in [1.54, 1.807) is 23.1 Å². The number of methoxy groups -OCH3 is 1. The molecule has 2 heterocycles. The van der Waals surface area contributed by atoms with E-state index in [4.69, 9.17) is 25.1 Å². The lowest BCUT2D eigenvalue weighted by atomic mass is 9.75. The summed E-state index contributed by atoms with van der Waals surface area (Å²) in [5.74, 6) is -0.371. The lowest BCUT2D eigenvalue weighted by Crippen LogP contribution is -2.40. The van der Waals surface area contributed by atoms with E-state index in [2.05, 4.69) is 0 Å². The fourth-order valence-corrected chi connectivity index (χ4v) is 5.32. The molecule has 1 unspecified atom stereocenters. The summed E-state index contributed by atoms with van der Waals surface area (Å²) >= 11 is 0. The van der Waals surface area contributed by atoms with Crippen LogP contribution in [-0.2, 0) is 24.3 Å². The third-order valence-electron chi connectivity index (χ3n) is 6.35. The number of allylic oxidation sites excluding steroid dienone is 2. The maximum Gasteiger partial charge on any atom is 0.338 e. The minimum Gasteiger partial charge on any atom is -0.466 e. The Kier molecular flexibility index (Phi) is 5.53. The Labute approximate surface area is 201 Å². The normalized spacial score (nSPS) is 19.7. The highest BCUT2D eigenvalue weighted by Crippen LogP contribution is 2.48. The summed E-state index contributed by atoms with van der Waals surface area (Å²) in [6.45, 7) is 0.0838. The second-order valence-corrected chi connectivity index (χ2v) is 9.91. The molecule has 1 atom stereocenters. The molecule has 0 bridgehead atoms. The van der Waals surface area contributed by atoms with Crippen molar-refractivity contribution in [2.24, 2.45) is 10.9 Å². The molecule has 0 aromatic heterocycles. The van der Waals surface area contributed by atoms with Crippen molar-refractivity contribution in [1.82, 2.24) is 0 Å². The SMILES string of the molecule is COC(=O)C1=C(N)N(c2ccc(S(N)(=O)=O)cc2)C2=C(C(=O)CCC2)C1c1ccc2c(c1)OCO2. The van der Waals surface area contributed by atoms with Gasteiger partial charge < -0.3 is 19.9 Å². The van der Waals surface area contributed by atoms with Gasteiger partial charge in [-0.05, 0) is 54.8 Å². The minimum absolute atomic E-state index is 0.0684. The largest absolute Gasteiger partial charge is 0.466 e. The quantitative estimate of drug-likeness (QED) is 0.604. The van der Waals surface area contributed by atoms with Gasteiger partial charge in [0.15, 0.2) is 17.3 Å². The van der Waals surface area contributed by atoms with Gasteiger partial charge in [-0.3, -0.25) is 9.69 Å². The summed E-state index contributed by atoms with van der Waals surface area (Å²) < 4.78 is 39.4. The lowest BCUT2D eigenvalue weighted by Gasteiger charge is -2.40. The zero-order chi connectivity index (χ0) is 24.9. The number of benzene rings is 2. The average molecular weight is 498 g/mol. The lowest BCUT2D eigenvalue weighted by molar-refractivity contribution is -0.136. The van der Waals surface area contributed by atoms with Crippen molar-refractivity contribution in [3.63, 3.8) is 0 Å². The highest BCUT2D eigenvalue weighted by atomic mass is 32.2. The van der Waals surface area contributed by atoms with Crippen LogP contribution in [0.4, 0.5) is 5.69 Å². The third-order valence-corrected chi connectivity index (χ3v) is 7.28. The van der Waals surface area contributed by atoms with Crippen molar-refractivity contribution in [3.05, 3.63) is 70.7 Å². The molecule has 3 aliphatic rings. The van der Waals surface area contributed by atoms with E-state index in [1.165, 1.54) is 31.4 Å². The van der Waals surface area contributed by atoms with Gasteiger partial charge in [-0.2, -0.15) is 0 Å². The van der Waals surface area contributed by atoms with Gasteiger partial charge in [0.2, 0.25) is 16.8 Å². The van der Waals surface area contributed by atoms with E-state index in [0.29, 0.717) is 53.3 Å². The first-order chi connectivity index (χ1) is 16.7. The van der Waals surface area contributed by atoms with Crippen LogP contribution in [-0.4, -0.2) is 34.1 Å². The zero-order valence-electron chi connectivity index (χ0n) is 18.8. The number of Topliss-reactive ketones (excluding diaryl/α,β-unsaturated/α-hetero) is 1. The van der Waals surface area contributed by atoms with Gasteiger partial charge in [0.1, 0.15) is 5.82 Å². The van der Waals surface area contributed by atoms with Crippen LogP contribution in [0, 0.1) is 0 Å². The molecule has 2 aromatic rings. The van der Waals surface area contributed by atoms with Gasteiger partial charge in [-0.25, -0.2) is 18.4 Å². The smallest absolute Gasteiger partial charge is 0.338 e. The van der Waals surface area contributed by atoms with E-state index in [0.717, 1.165) is 0 Å². The standard InChI is InChI=1S/C24H23N3O7S/c1-32-24(29)22-20(13-5-10-18-19(11-13)34-12-33-18)21-16(3-2-4-17(21)28)27(23(22)25)14-6-8-15(9-7-14)35(26,30)31/h5-11,20H,2-4,12,25H2,1H3,(H2,26,30,31). The maximum atomic E-state index is 13.3. The Morgan fingerprint density at radius 1 is 1.09 bits per heavy atom. The molecular weight excluding hydrogens is 474 g/mol. The van der Waals surface area contributed by atoms with Gasteiger partial charge in [0.05, 0.1) is 23.5 Å². The number of primary sulfonamides is 1. The molecule has 0 saturated heterocycles. The van der Waals surface area contributed by atoms with Crippen molar-refractivity contribution in [1.29, 1.82) is 0 Å². The van der Waals surface area contributed by atoms with E-state index >= 15 is 0 Å². The Bertz CT molecular complexity index is 1410. The van der Waals surface area contributed by atoms with E-state index < -0.39 is 21.9 Å². The van der Waals surface area contributed by atoms with Gasteiger partial charge in [0, 0.05) is 23.4 Å². The molecule has 0 radical (unpaired) electrons. The Hall–Kier alpha value is -3.83. The van der Waals surface area contributed by atoms with Crippen molar-refractivity contribution < 1.29 is 32.2 Å². The predicted octanol–water partition coefficient (Wildman–Crippen LogP) is 2.02. The third kappa shape index (κ3) is 3.82. The number of carbonyl (C=O) groups excluding carboxylic acids is 2. The molecular formula is C24H23N3O7S. The number of rotatable bonds is 4. The topological polar surface area (TPSA) is 151 Å². The van der Waals surface area contributed by atoms with Crippen LogP contribution in [0.1, 0.15) is 30.7 Å². The molecule has 0 saturated carbocycles. The number of nitrogens with zero attached hydrogens (tertiary/aromatic N) is 1. The first-order valence-electron chi connectivity index (χ1n) is 10.9. The molecule has 0 fully saturated rings. The number of nitrogens with two attached hydrogens (primary N) is 2. The summed E-state index contributed by atoms with van der Waals surface area (Å²) in [7, 11) is -2.65. The fourth-order valence-electron chi connectivity index (χ4n) is 4.80. The summed E-state index contributed by atoms with van der Waals surface area (Å²) in [5.41, 5.74) is 8.94.